The lowest BCUT2D eigenvalue weighted by molar-refractivity contribution is -0.376. The number of nitrogens with zero attached hydrogens (tertiary/aromatic N) is 3. The number of carboxylic acids is 1. The maximum Gasteiger partial charge on any atom is 0.430 e. The number of halogens is 6. The van der Waals surface area contributed by atoms with Gasteiger partial charge in [-0.1, -0.05) is 42.5 Å². The van der Waals surface area contributed by atoms with E-state index in [-0.39, 0.29) is 12.5 Å². The minimum atomic E-state index is -5.95. The maximum absolute atomic E-state index is 13.2. The van der Waals surface area contributed by atoms with E-state index in [0.717, 1.165) is 35.4 Å². The number of rotatable bonds is 8. The number of aryl methyl sites for hydroxylation is 1. The molecule has 6 nitrogen and oxygen atoms in total. The van der Waals surface area contributed by atoms with Crippen LogP contribution in [0.1, 0.15) is 28.7 Å². The third kappa shape index (κ3) is 6.71. The molecule has 0 saturated carbocycles. The van der Waals surface area contributed by atoms with E-state index < -0.39 is 29.5 Å². The molecule has 12 heteroatoms. The van der Waals surface area contributed by atoms with Crippen molar-refractivity contribution in [3.8, 4) is 11.1 Å². The predicted octanol–water partition coefficient (Wildman–Crippen LogP) is 5.53. The van der Waals surface area contributed by atoms with Gasteiger partial charge in [-0.2, -0.15) is 26.3 Å². The molecule has 0 aliphatic carbocycles. The molecule has 2 aromatic carbocycles. The molecule has 1 fully saturated rings. The number of aliphatic hydroxyl groups is 1. The largest absolute Gasteiger partial charge is 0.481 e. The predicted molar refractivity (Wildman–Crippen MR) is 139 cm³/mol. The Balaban J connectivity index is 1.49. The number of alkyl halides is 6. The first-order chi connectivity index (χ1) is 19.2. The molecule has 0 radical (unpaired) electrons. The Morgan fingerprint density at radius 2 is 1.54 bits per heavy atom. The van der Waals surface area contributed by atoms with Gasteiger partial charge in [0, 0.05) is 56.7 Å². The van der Waals surface area contributed by atoms with Crippen LogP contribution in [0.3, 0.4) is 0 Å². The molecule has 0 spiro atoms. The summed E-state index contributed by atoms with van der Waals surface area (Å²) in [5.41, 5.74) is -2.59. The molecule has 4 rings (SSSR count). The van der Waals surface area contributed by atoms with Gasteiger partial charge < -0.3 is 10.2 Å². The van der Waals surface area contributed by atoms with E-state index in [4.69, 9.17) is 0 Å². The molecule has 41 heavy (non-hydrogen) atoms. The molecule has 1 aliphatic heterocycles. The average molecular weight is 582 g/mol. The van der Waals surface area contributed by atoms with E-state index >= 15 is 0 Å². The van der Waals surface area contributed by atoms with Crippen LogP contribution in [0.2, 0.25) is 0 Å². The second-order valence-electron chi connectivity index (χ2n) is 10.2. The number of aromatic nitrogens is 1. The minimum absolute atomic E-state index is 0.0293. The molecule has 1 aromatic heterocycles. The lowest BCUT2D eigenvalue weighted by Gasteiger charge is -2.41. The van der Waals surface area contributed by atoms with Gasteiger partial charge in [0.2, 0.25) is 0 Å². The van der Waals surface area contributed by atoms with Crippen molar-refractivity contribution in [2.45, 2.75) is 50.4 Å². The lowest BCUT2D eigenvalue weighted by Crippen LogP contribution is -2.53. The number of pyridine rings is 1. The van der Waals surface area contributed by atoms with Gasteiger partial charge in [0.15, 0.2) is 0 Å². The minimum Gasteiger partial charge on any atom is -0.481 e. The first-order valence-corrected chi connectivity index (χ1v) is 12.8. The zero-order chi connectivity index (χ0) is 30.0. The van der Waals surface area contributed by atoms with E-state index in [0.29, 0.717) is 49.4 Å². The Kier molecular flexibility index (Phi) is 8.76. The van der Waals surface area contributed by atoms with Crippen LogP contribution in [-0.4, -0.2) is 69.0 Å². The highest BCUT2D eigenvalue weighted by molar-refractivity contribution is 5.68. The third-order valence-corrected chi connectivity index (χ3v) is 7.37. The van der Waals surface area contributed by atoms with Crippen molar-refractivity contribution in [3.05, 3.63) is 89.2 Å². The van der Waals surface area contributed by atoms with Crippen LogP contribution in [0.25, 0.3) is 11.1 Å². The Hall–Kier alpha value is -3.48. The van der Waals surface area contributed by atoms with Crippen molar-refractivity contribution in [2.75, 3.05) is 19.6 Å². The van der Waals surface area contributed by atoms with Gasteiger partial charge in [-0.25, -0.2) is 0 Å². The molecule has 1 saturated heterocycles. The first kappa shape index (κ1) is 30.5. The fourth-order valence-corrected chi connectivity index (χ4v) is 5.21. The first-order valence-electron chi connectivity index (χ1n) is 12.8. The molecular weight excluding hydrogens is 552 g/mol. The van der Waals surface area contributed by atoms with Gasteiger partial charge in [0.1, 0.15) is 0 Å². The van der Waals surface area contributed by atoms with Crippen molar-refractivity contribution in [3.63, 3.8) is 0 Å². The number of aliphatic carboxylic acids is 1. The number of carboxylic acid groups (broad SMARTS) is 1. The smallest absolute Gasteiger partial charge is 0.430 e. The SMILES string of the molecule is Cc1cc(CN2CCN(Cc3ccncc3)C[C@@H]2CC(=O)O)ccc1-c1ccc(C(O)(C(F)(F)F)C(F)(F)F)cc1. The molecular formula is C29H29F6N3O3. The normalized spacial score (nSPS) is 17.5. The molecule has 0 bridgehead atoms. The summed E-state index contributed by atoms with van der Waals surface area (Å²) < 4.78 is 79.3. The van der Waals surface area contributed by atoms with E-state index in [1.807, 2.05) is 18.2 Å². The van der Waals surface area contributed by atoms with Gasteiger partial charge in [-0.05, 0) is 46.9 Å². The number of hydrogen-bond donors (Lipinski definition) is 2. The van der Waals surface area contributed by atoms with Gasteiger partial charge in [-0.15, -0.1) is 0 Å². The van der Waals surface area contributed by atoms with Crippen LogP contribution in [0.15, 0.2) is 67.0 Å². The van der Waals surface area contributed by atoms with Crippen LogP contribution in [0.4, 0.5) is 26.3 Å². The lowest BCUT2D eigenvalue weighted by atomic mass is 9.90. The number of benzene rings is 2. The van der Waals surface area contributed by atoms with Crippen molar-refractivity contribution < 1.29 is 41.4 Å². The van der Waals surface area contributed by atoms with E-state index in [1.54, 1.807) is 31.5 Å². The Labute approximate surface area is 232 Å². The van der Waals surface area contributed by atoms with Gasteiger partial charge in [-0.3, -0.25) is 19.6 Å². The van der Waals surface area contributed by atoms with Crippen LogP contribution < -0.4 is 0 Å². The highest BCUT2D eigenvalue weighted by Crippen LogP contribution is 2.50. The molecule has 2 N–H and O–H groups in total. The summed E-state index contributed by atoms with van der Waals surface area (Å²) in [6.45, 7) is 4.89. The number of carbonyl (C=O) groups is 1. The highest BCUT2D eigenvalue weighted by atomic mass is 19.4. The number of hydrogen-bond acceptors (Lipinski definition) is 5. The van der Waals surface area contributed by atoms with E-state index in [2.05, 4.69) is 14.8 Å². The third-order valence-electron chi connectivity index (χ3n) is 7.37. The Morgan fingerprint density at radius 1 is 0.902 bits per heavy atom. The summed E-state index contributed by atoms with van der Waals surface area (Å²) >= 11 is 0. The quantitative estimate of drug-likeness (QED) is 0.341. The summed E-state index contributed by atoms with van der Waals surface area (Å²) in [4.78, 5) is 19.9. The Bertz CT molecular complexity index is 1330. The van der Waals surface area contributed by atoms with Crippen molar-refractivity contribution in [2.24, 2.45) is 0 Å². The second kappa shape index (κ2) is 11.8. The zero-order valence-electron chi connectivity index (χ0n) is 22.1. The van der Waals surface area contributed by atoms with E-state index in [1.165, 1.54) is 0 Å². The van der Waals surface area contributed by atoms with Crippen molar-refractivity contribution in [1.82, 2.24) is 14.8 Å². The molecule has 1 aliphatic rings. The van der Waals surface area contributed by atoms with Crippen LogP contribution in [0.5, 0.6) is 0 Å². The van der Waals surface area contributed by atoms with E-state index in [9.17, 15) is 41.4 Å². The zero-order valence-corrected chi connectivity index (χ0v) is 22.1. The summed E-state index contributed by atoms with van der Waals surface area (Å²) in [6, 6.07) is 12.5. The topological polar surface area (TPSA) is 76.9 Å². The second-order valence-corrected chi connectivity index (χ2v) is 10.2. The molecule has 0 unspecified atom stereocenters. The summed E-state index contributed by atoms with van der Waals surface area (Å²) in [7, 11) is 0. The molecule has 220 valence electrons. The van der Waals surface area contributed by atoms with Crippen LogP contribution in [0, 0.1) is 6.92 Å². The molecule has 1 atom stereocenters. The van der Waals surface area contributed by atoms with Crippen molar-refractivity contribution in [1.29, 1.82) is 0 Å². The maximum atomic E-state index is 13.2. The highest BCUT2D eigenvalue weighted by Gasteiger charge is 2.71. The van der Waals surface area contributed by atoms with Crippen LogP contribution >= 0.6 is 0 Å². The fourth-order valence-electron chi connectivity index (χ4n) is 5.21. The summed E-state index contributed by atoms with van der Waals surface area (Å²) in [5.74, 6) is -0.899. The average Bonchev–Trinajstić information content (AvgIpc) is 2.89. The standard InChI is InChI=1S/C29H29F6N3O3/c1-19-14-21(17-38-13-12-37(18-24(38)15-26(39)40)16-20-8-10-36-11-9-20)2-7-25(19)22-3-5-23(6-4-22)27(41,28(30,31)32)29(33,34)35/h2-11,14,24,41H,12-13,15-18H2,1H3,(H,39,40)/t24-/m0/s1. The van der Waals surface area contributed by atoms with Gasteiger partial charge in [0.05, 0.1) is 6.42 Å². The summed E-state index contributed by atoms with van der Waals surface area (Å²) in [6.07, 6.45) is -8.50. The molecule has 2 heterocycles. The van der Waals surface area contributed by atoms with Crippen molar-refractivity contribution >= 4 is 5.97 Å². The van der Waals surface area contributed by atoms with Gasteiger partial charge >= 0.3 is 18.3 Å². The van der Waals surface area contributed by atoms with Gasteiger partial charge in [0.25, 0.3) is 5.60 Å². The summed E-state index contributed by atoms with van der Waals surface area (Å²) in [5, 5.41) is 19.1. The van der Waals surface area contributed by atoms with Crippen LogP contribution in [-0.2, 0) is 23.5 Å². The number of piperazine rings is 1. The molecule has 3 aromatic rings. The Morgan fingerprint density at radius 3 is 2.10 bits per heavy atom. The fraction of sp³-hybridized carbons (Fsp3) is 0.379. The molecule has 0 amide bonds. The monoisotopic (exact) mass is 581 g/mol.